The van der Waals surface area contributed by atoms with Crippen LogP contribution in [0.2, 0.25) is 0 Å². The first-order valence-electron chi connectivity index (χ1n) is 10.2. The van der Waals surface area contributed by atoms with Crippen molar-refractivity contribution in [3.05, 3.63) is 95.3 Å². The molecule has 0 bridgehead atoms. The van der Waals surface area contributed by atoms with Gasteiger partial charge in [-0.15, -0.1) is 0 Å². The van der Waals surface area contributed by atoms with Crippen molar-refractivity contribution >= 4 is 23.2 Å². The van der Waals surface area contributed by atoms with E-state index in [2.05, 4.69) is 22.8 Å². The number of fused-ring (bicyclic) bond motifs is 1. The van der Waals surface area contributed by atoms with E-state index in [9.17, 15) is 14.0 Å². The van der Waals surface area contributed by atoms with Crippen molar-refractivity contribution in [1.82, 2.24) is 4.90 Å². The molecule has 5 nitrogen and oxygen atoms in total. The van der Waals surface area contributed by atoms with Crippen molar-refractivity contribution in [3.8, 4) is 0 Å². The second-order valence-corrected chi connectivity index (χ2v) is 7.72. The highest BCUT2D eigenvalue weighted by atomic mass is 19.1. The number of carbonyl (C=O) groups is 2. The predicted molar refractivity (Wildman–Crippen MR) is 120 cm³/mol. The molecule has 0 fully saturated rings. The normalized spacial score (nSPS) is 14.9. The van der Waals surface area contributed by atoms with Crippen LogP contribution < -0.4 is 10.6 Å². The first-order chi connectivity index (χ1) is 15.0. The third kappa shape index (κ3) is 4.81. The van der Waals surface area contributed by atoms with E-state index in [-0.39, 0.29) is 30.2 Å². The summed E-state index contributed by atoms with van der Waals surface area (Å²) in [6.45, 7) is 0.215. The number of aryl methyl sites for hydroxylation is 1. The summed E-state index contributed by atoms with van der Waals surface area (Å²) in [4.78, 5) is 27.5. The molecule has 0 unspecified atom stereocenters. The van der Waals surface area contributed by atoms with Gasteiger partial charge in [0.2, 0.25) is 5.91 Å². The summed E-state index contributed by atoms with van der Waals surface area (Å²) in [5, 5.41) is 5.59. The molecule has 1 aliphatic rings. The van der Waals surface area contributed by atoms with Gasteiger partial charge in [0.1, 0.15) is 5.82 Å². The topological polar surface area (TPSA) is 61.4 Å². The highest BCUT2D eigenvalue weighted by Gasteiger charge is 2.26. The third-order valence-electron chi connectivity index (χ3n) is 5.57. The Morgan fingerprint density at radius 1 is 0.968 bits per heavy atom. The van der Waals surface area contributed by atoms with Crippen LogP contribution >= 0.6 is 0 Å². The molecule has 0 saturated heterocycles. The van der Waals surface area contributed by atoms with Crippen molar-refractivity contribution in [2.24, 2.45) is 0 Å². The Bertz CT molecular complexity index is 1100. The van der Waals surface area contributed by atoms with Crippen molar-refractivity contribution in [3.63, 3.8) is 0 Å². The molecule has 158 valence electrons. The van der Waals surface area contributed by atoms with E-state index in [0.29, 0.717) is 16.9 Å². The summed E-state index contributed by atoms with van der Waals surface area (Å²) in [6, 6.07) is 20.9. The van der Waals surface area contributed by atoms with Gasteiger partial charge in [-0.25, -0.2) is 4.39 Å². The van der Waals surface area contributed by atoms with Crippen molar-refractivity contribution in [1.29, 1.82) is 0 Å². The molecular weight excluding hydrogens is 393 g/mol. The number of hydrogen-bond donors (Lipinski definition) is 2. The Labute approximate surface area is 180 Å². The van der Waals surface area contributed by atoms with E-state index >= 15 is 0 Å². The zero-order chi connectivity index (χ0) is 21.8. The van der Waals surface area contributed by atoms with E-state index in [0.717, 1.165) is 12.8 Å². The second kappa shape index (κ2) is 9.10. The zero-order valence-corrected chi connectivity index (χ0v) is 17.3. The molecule has 0 radical (unpaired) electrons. The molecule has 2 N–H and O–H groups in total. The summed E-state index contributed by atoms with van der Waals surface area (Å²) < 4.78 is 13.1. The van der Waals surface area contributed by atoms with E-state index in [4.69, 9.17) is 0 Å². The van der Waals surface area contributed by atoms with E-state index in [1.165, 1.54) is 35.4 Å². The first-order valence-corrected chi connectivity index (χ1v) is 10.2. The lowest BCUT2D eigenvalue weighted by molar-refractivity contribution is -0.117. The average molecular weight is 417 g/mol. The summed E-state index contributed by atoms with van der Waals surface area (Å²) in [6.07, 6.45) is 2.00. The Hall–Kier alpha value is -3.51. The van der Waals surface area contributed by atoms with Gasteiger partial charge in [0.15, 0.2) is 0 Å². The smallest absolute Gasteiger partial charge is 0.257 e. The maximum Gasteiger partial charge on any atom is 0.257 e. The van der Waals surface area contributed by atoms with Gasteiger partial charge >= 0.3 is 0 Å². The molecular formula is C25H24FN3O2. The van der Waals surface area contributed by atoms with Gasteiger partial charge in [0.05, 0.1) is 17.8 Å². The standard InChI is InChI=1S/C25H24FN3O2/c1-29(23-15-10-17-6-2-3-7-20(17)23)16-24(30)28-22-9-5-4-8-21(22)25(31)27-19-13-11-18(26)12-14-19/h2-9,11-14,23H,10,15-16H2,1H3,(H,27,31)(H,28,30)/t23-/m1/s1. The zero-order valence-electron chi connectivity index (χ0n) is 17.3. The fraction of sp³-hybridized carbons (Fsp3) is 0.200. The van der Waals surface area contributed by atoms with Gasteiger partial charge < -0.3 is 10.6 Å². The number of nitrogens with one attached hydrogen (secondary N) is 2. The minimum absolute atomic E-state index is 0.186. The van der Waals surface area contributed by atoms with Crippen LogP contribution in [-0.4, -0.2) is 30.3 Å². The van der Waals surface area contributed by atoms with Crippen LogP contribution in [0.3, 0.4) is 0 Å². The van der Waals surface area contributed by atoms with Gasteiger partial charge in [-0.3, -0.25) is 14.5 Å². The van der Waals surface area contributed by atoms with Gasteiger partial charge in [-0.1, -0.05) is 36.4 Å². The van der Waals surface area contributed by atoms with Crippen LogP contribution in [0.25, 0.3) is 0 Å². The predicted octanol–water partition coefficient (Wildman–Crippen LogP) is 4.64. The van der Waals surface area contributed by atoms with Crippen LogP contribution in [0.15, 0.2) is 72.8 Å². The molecule has 2 amide bonds. The summed E-state index contributed by atoms with van der Waals surface area (Å²) in [5.41, 5.74) is 3.87. The summed E-state index contributed by atoms with van der Waals surface area (Å²) >= 11 is 0. The summed E-state index contributed by atoms with van der Waals surface area (Å²) in [7, 11) is 1.94. The Morgan fingerprint density at radius 3 is 2.48 bits per heavy atom. The van der Waals surface area contributed by atoms with E-state index in [1.54, 1.807) is 24.3 Å². The fourth-order valence-corrected chi connectivity index (χ4v) is 4.04. The third-order valence-corrected chi connectivity index (χ3v) is 5.57. The van der Waals surface area contributed by atoms with Crippen LogP contribution in [0.1, 0.15) is 33.9 Å². The van der Waals surface area contributed by atoms with Crippen molar-refractivity contribution in [2.75, 3.05) is 24.2 Å². The van der Waals surface area contributed by atoms with Crippen molar-refractivity contribution < 1.29 is 14.0 Å². The molecule has 6 heteroatoms. The number of para-hydroxylation sites is 1. The minimum atomic E-state index is -0.375. The second-order valence-electron chi connectivity index (χ2n) is 7.72. The van der Waals surface area contributed by atoms with Crippen LogP contribution in [0, 0.1) is 5.82 Å². The SMILES string of the molecule is CN(CC(=O)Nc1ccccc1C(=O)Nc1ccc(F)cc1)[C@@H]1CCc2ccccc21. The summed E-state index contributed by atoms with van der Waals surface area (Å²) in [5.74, 6) is -0.936. The Balaban J connectivity index is 1.42. The molecule has 1 aliphatic carbocycles. The number of hydrogen-bond acceptors (Lipinski definition) is 3. The number of carbonyl (C=O) groups excluding carboxylic acids is 2. The quantitative estimate of drug-likeness (QED) is 0.614. The molecule has 3 aromatic carbocycles. The molecule has 0 spiro atoms. The highest BCUT2D eigenvalue weighted by Crippen LogP contribution is 2.34. The number of rotatable bonds is 6. The molecule has 0 heterocycles. The van der Waals surface area contributed by atoms with Crippen LogP contribution in [-0.2, 0) is 11.2 Å². The molecule has 3 aromatic rings. The molecule has 0 saturated carbocycles. The highest BCUT2D eigenvalue weighted by molar-refractivity contribution is 6.10. The van der Waals surface area contributed by atoms with Gasteiger partial charge in [0.25, 0.3) is 5.91 Å². The lowest BCUT2D eigenvalue weighted by Crippen LogP contribution is -2.33. The number of likely N-dealkylation sites (N-methyl/N-ethyl adjacent to an activating group) is 1. The Kier molecular flexibility index (Phi) is 6.09. The van der Waals surface area contributed by atoms with Gasteiger partial charge in [-0.05, 0) is 67.4 Å². The molecule has 1 atom stereocenters. The largest absolute Gasteiger partial charge is 0.324 e. The first kappa shape index (κ1) is 20.8. The molecule has 0 aliphatic heterocycles. The fourth-order valence-electron chi connectivity index (χ4n) is 4.04. The lowest BCUT2D eigenvalue weighted by Gasteiger charge is -2.24. The van der Waals surface area contributed by atoms with E-state index < -0.39 is 0 Å². The van der Waals surface area contributed by atoms with Gasteiger partial charge in [0, 0.05) is 11.7 Å². The van der Waals surface area contributed by atoms with Crippen LogP contribution in [0.4, 0.5) is 15.8 Å². The monoisotopic (exact) mass is 417 g/mol. The van der Waals surface area contributed by atoms with Gasteiger partial charge in [-0.2, -0.15) is 0 Å². The maximum atomic E-state index is 13.1. The Morgan fingerprint density at radius 2 is 1.68 bits per heavy atom. The number of amides is 2. The average Bonchev–Trinajstić information content (AvgIpc) is 3.20. The minimum Gasteiger partial charge on any atom is -0.324 e. The molecule has 31 heavy (non-hydrogen) atoms. The number of nitrogens with zero attached hydrogens (tertiary/aromatic N) is 1. The molecule has 0 aromatic heterocycles. The van der Waals surface area contributed by atoms with Crippen LogP contribution in [0.5, 0.6) is 0 Å². The number of benzene rings is 3. The maximum absolute atomic E-state index is 13.1. The van der Waals surface area contributed by atoms with E-state index in [1.807, 2.05) is 24.1 Å². The molecule has 4 rings (SSSR count). The van der Waals surface area contributed by atoms with Crippen molar-refractivity contribution in [2.45, 2.75) is 18.9 Å². The number of halogens is 1. The lowest BCUT2D eigenvalue weighted by atomic mass is 10.1. The number of anilines is 2.